The molecule has 0 aliphatic carbocycles. The normalized spacial score (nSPS) is 14.9. The Hall–Kier alpha value is -4.53. The average Bonchev–Trinajstić information content (AvgIpc) is 3.34. The van der Waals surface area contributed by atoms with E-state index in [1.807, 2.05) is 92.4 Å². The van der Waals surface area contributed by atoms with Gasteiger partial charge in [0.15, 0.2) is 11.5 Å². The Morgan fingerprint density at radius 3 is 2.44 bits per heavy atom. The van der Waals surface area contributed by atoms with Crippen molar-refractivity contribution >= 4 is 29.0 Å². The second kappa shape index (κ2) is 11.5. The van der Waals surface area contributed by atoms with Crippen LogP contribution < -0.4 is 14.4 Å². The van der Waals surface area contributed by atoms with Gasteiger partial charge in [0, 0.05) is 18.5 Å². The number of hydrogen-bond acceptors (Lipinski definition) is 8. The van der Waals surface area contributed by atoms with E-state index in [0.717, 1.165) is 16.7 Å². The molecule has 9 nitrogen and oxygen atoms in total. The Bertz CT molecular complexity index is 1560. The summed E-state index contributed by atoms with van der Waals surface area (Å²) in [6.45, 7) is 8.05. The molecule has 4 aromatic rings. The summed E-state index contributed by atoms with van der Waals surface area (Å²) < 4.78 is 24.7. The number of esters is 1. The molecule has 1 unspecified atom stereocenters. The Morgan fingerprint density at radius 1 is 1.00 bits per heavy atom. The Balaban J connectivity index is 1.61. The van der Waals surface area contributed by atoms with Crippen LogP contribution in [0.1, 0.15) is 44.4 Å². The number of fused-ring (bicyclic) bond motifs is 2. The maximum Gasteiger partial charge on any atom is 0.421 e. The summed E-state index contributed by atoms with van der Waals surface area (Å²) in [5.41, 5.74) is 3.27. The fourth-order valence-corrected chi connectivity index (χ4v) is 5.02. The van der Waals surface area contributed by atoms with Gasteiger partial charge in [0.2, 0.25) is 5.95 Å². The van der Waals surface area contributed by atoms with Gasteiger partial charge >= 0.3 is 12.1 Å². The minimum atomic E-state index is -0.772. The molecule has 0 radical (unpaired) electrons. The van der Waals surface area contributed by atoms with E-state index in [-0.39, 0.29) is 19.6 Å². The fourth-order valence-electron chi connectivity index (χ4n) is 5.02. The number of aromatic nitrogens is 2. The summed E-state index contributed by atoms with van der Waals surface area (Å²) in [6.07, 6.45) is -0.302. The van der Waals surface area contributed by atoms with Gasteiger partial charge in [0.1, 0.15) is 18.2 Å². The Labute approximate surface area is 239 Å². The zero-order valence-corrected chi connectivity index (χ0v) is 24.0. The molecule has 41 heavy (non-hydrogen) atoms. The molecule has 0 N–H and O–H groups in total. The molecule has 0 saturated carbocycles. The van der Waals surface area contributed by atoms with Crippen molar-refractivity contribution in [3.63, 3.8) is 0 Å². The Morgan fingerprint density at radius 2 is 1.73 bits per heavy atom. The van der Waals surface area contributed by atoms with Crippen LogP contribution in [0.15, 0.2) is 66.7 Å². The van der Waals surface area contributed by atoms with E-state index in [4.69, 9.17) is 23.9 Å². The molecule has 0 spiro atoms. The van der Waals surface area contributed by atoms with Gasteiger partial charge in [-0.2, -0.15) is 0 Å². The highest BCUT2D eigenvalue weighted by atomic mass is 16.6. The van der Waals surface area contributed by atoms with Crippen LogP contribution in [0.25, 0.3) is 11.0 Å². The molecule has 0 amide bonds. The predicted octanol–water partition coefficient (Wildman–Crippen LogP) is 5.90. The van der Waals surface area contributed by atoms with Crippen molar-refractivity contribution in [2.75, 3.05) is 18.6 Å². The average molecular weight is 558 g/mol. The number of nitrogens with zero attached hydrogens (tertiary/aromatic N) is 3. The number of rotatable bonds is 7. The van der Waals surface area contributed by atoms with Crippen molar-refractivity contribution in [1.82, 2.24) is 9.55 Å². The third-order valence-corrected chi connectivity index (χ3v) is 6.82. The number of ether oxygens (including phenoxy) is 4. The van der Waals surface area contributed by atoms with Crippen LogP contribution >= 0.6 is 0 Å². The molecule has 2 heterocycles. The molecule has 5 rings (SSSR count). The molecular weight excluding hydrogens is 522 g/mol. The van der Waals surface area contributed by atoms with Gasteiger partial charge in [-0.25, -0.2) is 19.1 Å². The molecule has 0 saturated heterocycles. The minimum absolute atomic E-state index is 0.216. The van der Waals surface area contributed by atoms with Gasteiger partial charge < -0.3 is 23.8 Å². The maximum atomic E-state index is 13.5. The van der Waals surface area contributed by atoms with Crippen molar-refractivity contribution in [3.8, 4) is 11.5 Å². The summed E-state index contributed by atoms with van der Waals surface area (Å²) >= 11 is 0. The van der Waals surface area contributed by atoms with Crippen LogP contribution in [0.4, 0.5) is 10.7 Å². The zero-order valence-electron chi connectivity index (χ0n) is 24.0. The van der Waals surface area contributed by atoms with E-state index < -0.39 is 23.7 Å². The third-order valence-electron chi connectivity index (χ3n) is 6.82. The molecule has 0 bridgehead atoms. The molecule has 1 aliphatic heterocycles. The summed E-state index contributed by atoms with van der Waals surface area (Å²) in [4.78, 5) is 33.6. The molecule has 1 aromatic heterocycles. The lowest BCUT2D eigenvalue weighted by atomic mass is 9.92. The van der Waals surface area contributed by atoms with Crippen LogP contribution in [-0.2, 0) is 33.8 Å². The molecule has 1 atom stereocenters. The first-order valence-electron chi connectivity index (χ1n) is 13.7. The lowest BCUT2D eigenvalue weighted by Crippen LogP contribution is -2.48. The van der Waals surface area contributed by atoms with Crippen molar-refractivity contribution in [2.24, 2.45) is 0 Å². The molecule has 9 heteroatoms. The van der Waals surface area contributed by atoms with E-state index in [9.17, 15) is 9.59 Å². The lowest BCUT2D eigenvalue weighted by Gasteiger charge is -2.37. The van der Waals surface area contributed by atoms with Crippen LogP contribution in [-0.4, -0.2) is 47.0 Å². The third kappa shape index (κ3) is 5.84. The largest absolute Gasteiger partial charge is 0.493 e. The van der Waals surface area contributed by atoms with Crippen LogP contribution in [0, 0.1) is 0 Å². The predicted molar refractivity (Wildman–Crippen MR) is 155 cm³/mol. The number of anilines is 1. The first-order chi connectivity index (χ1) is 19.7. The number of para-hydroxylation sites is 2. The van der Waals surface area contributed by atoms with E-state index in [1.165, 1.54) is 4.57 Å². The van der Waals surface area contributed by atoms with E-state index in [2.05, 4.69) is 0 Å². The number of carbonyl (C=O) groups is 2. The van der Waals surface area contributed by atoms with E-state index in [1.54, 1.807) is 14.0 Å². The van der Waals surface area contributed by atoms with Crippen molar-refractivity contribution in [1.29, 1.82) is 0 Å². The highest BCUT2D eigenvalue weighted by Gasteiger charge is 2.39. The first-order valence-corrected chi connectivity index (χ1v) is 13.7. The van der Waals surface area contributed by atoms with Crippen LogP contribution in [0.2, 0.25) is 0 Å². The lowest BCUT2D eigenvalue weighted by molar-refractivity contribution is -0.145. The number of carbonyl (C=O) groups excluding carboxylic acids is 2. The molecular formula is C32H35N3O6. The molecule has 214 valence electrons. The SMILES string of the molecule is CCOC(=O)C1Cc2c(ccc(OC)c2OCc2ccccc2)CN1c1nc2ccccc2n1C(=O)OC(C)(C)C. The standard InChI is InChI=1S/C32H35N3O6/c1-6-39-29(36)26-18-23-22(16-17-27(38-5)28(23)40-20-21-12-8-7-9-13-21)19-34(26)30-33-24-14-10-11-15-25(24)35(30)31(37)41-32(2,3)4/h7-17,26H,6,18-20H2,1-5H3. The number of methoxy groups -OCH3 is 1. The number of hydrogen-bond donors (Lipinski definition) is 0. The number of imidazole rings is 1. The molecule has 0 fully saturated rings. The van der Waals surface area contributed by atoms with Gasteiger partial charge in [-0.1, -0.05) is 48.5 Å². The monoisotopic (exact) mass is 557 g/mol. The minimum Gasteiger partial charge on any atom is -0.493 e. The highest BCUT2D eigenvalue weighted by molar-refractivity contribution is 5.92. The zero-order chi connectivity index (χ0) is 29.1. The summed E-state index contributed by atoms with van der Waals surface area (Å²) in [6, 6.07) is 20.2. The van der Waals surface area contributed by atoms with E-state index in [0.29, 0.717) is 35.1 Å². The van der Waals surface area contributed by atoms with Gasteiger partial charge in [-0.05, 0) is 57.0 Å². The van der Waals surface area contributed by atoms with Gasteiger partial charge in [-0.3, -0.25) is 0 Å². The van der Waals surface area contributed by atoms with E-state index >= 15 is 0 Å². The van der Waals surface area contributed by atoms with Gasteiger partial charge in [0.25, 0.3) is 0 Å². The number of benzene rings is 3. The summed E-state index contributed by atoms with van der Waals surface area (Å²) in [5.74, 6) is 1.06. The highest BCUT2D eigenvalue weighted by Crippen LogP contribution is 2.40. The fraction of sp³-hybridized carbons (Fsp3) is 0.344. The summed E-state index contributed by atoms with van der Waals surface area (Å²) in [5, 5.41) is 0. The Kier molecular flexibility index (Phi) is 7.88. The second-order valence-electron chi connectivity index (χ2n) is 10.8. The van der Waals surface area contributed by atoms with Gasteiger partial charge in [-0.15, -0.1) is 0 Å². The quantitative estimate of drug-likeness (QED) is 0.259. The topological polar surface area (TPSA) is 92.1 Å². The van der Waals surface area contributed by atoms with Crippen LogP contribution in [0.5, 0.6) is 11.5 Å². The summed E-state index contributed by atoms with van der Waals surface area (Å²) in [7, 11) is 1.60. The first kappa shape index (κ1) is 28.0. The van der Waals surface area contributed by atoms with Crippen molar-refractivity contribution < 1.29 is 28.5 Å². The molecule has 1 aliphatic rings. The maximum absolute atomic E-state index is 13.5. The van der Waals surface area contributed by atoms with Crippen molar-refractivity contribution in [3.05, 3.63) is 83.4 Å². The van der Waals surface area contributed by atoms with Crippen LogP contribution in [0.3, 0.4) is 0 Å². The molecule has 3 aromatic carbocycles. The van der Waals surface area contributed by atoms with Crippen molar-refractivity contribution in [2.45, 2.75) is 58.9 Å². The smallest absolute Gasteiger partial charge is 0.421 e. The second-order valence-corrected chi connectivity index (χ2v) is 10.8. The van der Waals surface area contributed by atoms with Gasteiger partial charge in [0.05, 0.1) is 24.8 Å².